The summed E-state index contributed by atoms with van der Waals surface area (Å²) in [4.78, 5) is 0. The largest absolute Gasteiger partial charge is 0.493 e. The summed E-state index contributed by atoms with van der Waals surface area (Å²) in [5.74, 6) is 1.67. The van der Waals surface area contributed by atoms with Crippen LogP contribution in [0.25, 0.3) is 0 Å². The molecule has 3 rings (SSSR count). The molecule has 0 amide bonds. The van der Waals surface area contributed by atoms with Crippen LogP contribution in [0.15, 0.2) is 18.2 Å². The summed E-state index contributed by atoms with van der Waals surface area (Å²) >= 11 is 0. The number of rotatable bonds is 3. The van der Waals surface area contributed by atoms with Crippen LogP contribution in [0.2, 0.25) is 0 Å². The van der Waals surface area contributed by atoms with Gasteiger partial charge in [0.1, 0.15) is 5.75 Å². The van der Waals surface area contributed by atoms with Crippen LogP contribution in [0.3, 0.4) is 0 Å². The lowest BCUT2D eigenvalue weighted by atomic mass is 9.87. The van der Waals surface area contributed by atoms with E-state index in [-0.39, 0.29) is 0 Å². The van der Waals surface area contributed by atoms with E-state index >= 15 is 0 Å². The predicted molar refractivity (Wildman–Crippen MR) is 71.0 cm³/mol. The van der Waals surface area contributed by atoms with Gasteiger partial charge < -0.3 is 14.8 Å². The Morgan fingerprint density at radius 1 is 1.33 bits per heavy atom. The van der Waals surface area contributed by atoms with Crippen molar-refractivity contribution in [2.24, 2.45) is 5.92 Å². The number of nitrogens with one attached hydrogen (secondary N) is 1. The van der Waals surface area contributed by atoms with Crippen LogP contribution in [-0.4, -0.2) is 26.9 Å². The SMILES string of the molecule is CNC(c1cccc2c1OCC2)C1CCCOC1. The summed E-state index contributed by atoms with van der Waals surface area (Å²) in [6.07, 6.45) is 3.44. The Morgan fingerprint density at radius 3 is 3.06 bits per heavy atom. The Morgan fingerprint density at radius 2 is 2.28 bits per heavy atom. The van der Waals surface area contributed by atoms with E-state index < -0.39 is 0 Å². The van der Waals surface area contributed by atoms with Crippen LogP contribution in [0.1, 0.15) is 30.0 Å². The molecule has 3 heteroatoms. The normalized spacial score (nSPS) is 24.4. The second-order valence-electron chi connectivity index (χ2n) is 5.18. The Kier molecular flexibility index (Phi) is 3.52. The Balaban J connectivity index is 1.89. The van der Waals surface area contributed by atoms with Crippen molar-refractivity contribution >= 4 is 0 Å². The molecule has 1 aromatic rings. The number of hydrogen-bond acceptors (Lipinski definition) is 3. The van der Waals surface area contributed by atoms with Gasteiger partial charge in [-0.15, -0.1) is 0 Å². The third-order valence-corrected chi connectivity index (χ3v) is 4.06. The highest BCUT2D eigenvalue weighted by atomic mass is 16.5. The summed E-state index contributed by atoms with van der Waals surface area (Å²) in [6.45, 7) is 2.59. The molecule has 2 aliphatic rings. The molecule has 3 nitrogen and oxygen atoms in total. The number of hydrogen-bond donors (Lipinski definition) is 1. The fourth-order valence-electron chi connectivity index (χ4n) is 3.16. The quantitative estimate of drug-likeness (QED) is 0.889. The Bertz CT molecular complexity index is 413. The maximum Gasteiger partial charge on any atom is 0.127 e. The molecule has 0 radical (unpaired) electrons. The van der Waals surface area contributed by atoms with Gasteiger partial charge in [-0.1, -0.05) is 18.2 Å². The topological polar surface area (TPSA) is 30.5 Å². The summed E-state index contributed by atoms with van der Waals surface area (Å²) in [7, 11) is 2.04. The van der Waals surface area contributed by atoms with Crippen LogP contribution < -0.4 is 10.1 Å². The van der Waals surface area contributed by atoms with Crippen LogP contribution in [0, 0.1) is 5.92 Å². The number of fused-ring (bicyclic) bond motifs is 1. The van der Waals surface area contributed by atoms with Gasteiger partial charge in [-0.2, -0.15) is 0 Å². The molecule has 0 aromatic heterocycles. The van der Waals surface area contributed by atoms with Gasteiger partial charge in [-0.25, -0.2) is 0 Å². The Labute approximate surface area is 108 Å². The lowest BCUT2D eigenvalue weighted by molar-refractivity contribution is 0.0398. The molecule has 1 N–H and O–H groups in total. The molecule has 0 spiro atoms. The third-order valence-electron chi connectivity index (χ3n) is 4.06. The highest BCUT2D eigenvalue weighted by Crippen LogP contribution is 2.38. The molecule has 1 saturated heterocycles. The molecule has 2 heterocycles. The molecule has 2 atom stereocenters. The van der Waals surface area contributed by atoms with E-state index in [1.807, 2.05) is 7.05 Å². The van der Waals surface area contributed by atoms with E-state index in [1.165, 1.54) is 24.0 Å². The first-order chi connectivity index (χ1) is 8.90. The molecule has 2 unspecified atom stereocenters. The fraction of sp³-hybridized carbons (Fsp3) is 0.600. The molecule has 0 aliphatic carbocycles. The van der Waals surface area contributed by atoms with E-state index in [4.69, 9.17) is 9.47 Å². The van der Waals surface area contributed by atoms with Crippen molar-refractivity contribution in [3.63, 3.8) is 0 Å². The maximum atomic E-state index is 5.82. The maximum absolute atomic E-state index is 5.82. The van der Waals surface area contributed by atoms with Crippen LogP contribution in [0.4, 0.5) is 0 Å². The van der Waals surface area contributed by atoms with Crippen LogP contribution >= 0.6 is 0 Å². The van der Waals surface area contributed by atoms with Crippen molar-refractivity contribution < 1.29 is 9.47 Å². The predicted octanol–water partition coefficient (Wildman–Crippen LogP) is 2.31. The average Bonchev–Trinajstić information content (AvgIpc) is 2.90. The van der Waals surface area contributed by atoms with Crippen molar-refractivity contribution in [2.75, 3.05) is 26.9 Å². The summed E-state index contributed by atoms with van der Waals surface area (Å²) < 4.78 is 11.4. The van der Waals surface area contributed by atoms with Crippen molar-refractivity contribution in [1.29, 1.82) is 0 Å². The van der Waals surface area contributed by atoms with E-state index in [0.29, 0.717) is 12.0 Å². The van der Waals surface area contributed by atoms with Crippen molar-refractivity contribution in [3.8, 4) is 5.75 Å². The molecule has 1 fully saturated rings. The van der Waals surface area contributed by atoms with E-state index in [9.17, 15) is 0 Å². The lowest BCUT2D eigenvalue weighted by Gasteiger charge is -2.31. The summed E-state index contributed by atoms with van der Waals surface area (Å²) in [5, 5.41) is 3.46. The van der Waals surface area contributed by atoms with Gasteiger partial charge in [0.05, 0.1) is 13.2 Å². The molecule has 1 aromatic carbocycles. The number of benzene rings is 1. The smallest absolute Gasteiger partial charge is 0.127 e. The zero-order valence-corrected chi connectivity index (χ0v) is 10.9. The second-order valence-corrected chi connectivity index (χ2v) is 5.18. The average molecular weight is 247 g/mol. The standard InChI is InChI=1S/C15H21NO2/c1-16-14(12-5-3-8-17-10-12)13-6-2-4-11-7-9-18-15(11)13/h2,4,6,12,14,16H,3,5,7-10H2,1H3. The van der Waals surface area contributed by atoms with Gasteiger partial charge in [-0.3, -0.25) is 0 Å². The van der Waals surface area contributed by atoms with Gasteiger partial charge in [-0.05, 0) is 25.5 Å². The van der Waals surface area contributed by atoms with Gasteiger partial charge >= 0.3 is 0 Å². The highest BCUT2D eigenvalue weighted by molar-refractivity contribution is 5.45. The minimum atomic E-state index is 0.346. The minimum Gasteiger partial charge on any atom is -0.493 e. The lowest BCUT2D eigenvalue weighted by Crippen LogP contribution is -2.31. The Hall–Kier alpha value is -1.06. The van der Waals surface area contributed by atoms with E-state index in [0.717, 1.165) is 32.0 Å². The van der Waals surface area contributed by atoms with Gasteiger partial charge in [0, 0.05) is 30.6 Å². The van der Waals surface area contributed by atoms with Crippen LogP contribution in [-0.2, 0) is 11.2 Å². The first-order valence-electron chi connectivity index (χ1n) is 6.89. The zero-order valence-electron chi connectivity index (χ0n) is 10.9. The second kappa shape index (κ2) is 5.29. The number of ether oxygens (including phenoxy) is 2. The molecular formula is C15H21NO2. The summed E-state index contributed by atoms with van der Waals surface area (Å²) in [5.41, 5.74) is 2.66. The van der Waals surface area contributed by atoms with Crippen molar-refractivity contribution in [2.45, 2.75) is 25.3 Å². The summed E-state index contributed by atoms with van der Waals surface area (Å²) in [6, 6.07) is 6.87. The molecule has 18 heavy (non-hydrogen) atoms. The third kappa shape index (κ3) is 2.13. The zero-order chi connectivity index (χ0) is 12.4. The van der Waals surface area contributed by atoms with E-state index in [1.54, 1.807) is 0 Å². The van der Waals surface area contributed by atoms with Gasteiger partial charge in [0.25, 0.3) is 0 Å². The van der Waals surface area contributed by atoms with Crippen LogP contribution in [0.5, 0.6) is 5.75 Å². The first kappa shape index (κ1) is 12.0. The molecule has 2 aliphatic heterocycles. The monoisotopic (exact) mass is 247 g/mol. The van der Waals surface area contributed by atoms with Crippen molar-refractivity contribution in [3.05, 3.63) is 29.3 Å². The molecule has 0 bridgehead atoms. The first-order valence-corrected chi connectivity index (χ1v) is 6.89. The van der Waals surface area contributed by atoms with Gasteiger partial charge in [0.2, 0.25) is 0 Å². The minimum absolute atomic E-state index is 0.346. The van der Waals surface area contributed by atoms with Crippen molar-refractivity contribution in [1.82, 2.24) is 5.32 Å². The fourth-order valence-corrected chi connectivity index (χ4v) is 3.16. The van der Waals surface area contributed by atoms with E-state index in [2.05, 4.69) is 23.5 Å². The molecule has 98 valence electrons. The molecule has 0 saturated carbocycles. The van der Waals surface area contributed by atoms with Gasteiger partial charge in [0.15, 0.2) is 0 Å². The highest BCUT2D eigenvalue weighted by Gasteiger charge is 2.28. The molecular weight excluding hydrogens is 226 g/mol. The number of para-hydroxylation sites is 1.